The van der Waals surface area contributed by atoms with Gasteiger partial charge < -0.3 is 14.4 Å². The van der Waals surface area contributed by atoms with Crippen LogP contribution in [0.4, 0.5) is 5.69 Å². The normalized spacial score (nSPS) is 14.7. The lowest BCUT2D eigenvalue weighted by atomic mass is 10.1. The van der Waals surface area contributed by atoms with E-state index in [-0.39, 0.29) is 17.0 Å². The van der Waals surface area contributed by atoms with Crippen molar-refractivity contribution in [2.45, 2.75) is 18.4 Å². The molecule has 0 amide bonds. The predicted octanol–water partition coefficient (Wildman–Crippen LogP) is 2.10. The molecule has 28 heavy (non-hydrogen) atoms. The van der Waals surface area contributed by atoms with E-state index in [1.165, 1.54) is 19.2 Å². The molecule has 0 aromatic heterocycles. The van der Waals surface area contributed by atoms with Gasteiger partial charge in [-0.2, -0.15) is 0 Å². The number of aryl methyl sites for hydroxylation is 1. The van der Waals surface area contributed by atoms with Crippen molar-refractivity contribution in [3.05, 3.63) is 59.2 Å². The van der Waals surface area contributed by atoms with Gasteiger partial charge in [-0.25, -0.2) is 17.9 Å². The van der Waals surface area contributed by atoms with Crippen LogP contribution in [0, 0.1) is 6.92 Å². The lowest BCUT2D eigenvalue weighted by molar-refractivity contribution is 0.0599. The van der Waals surface area contributed by atoms with Crippen LogP contribution in [0.15, 0.2) is 47.4 Å². The van der Waals surface area contributed by atoms with Crippen molar-refractivity contribution in [1.82, 2.24) is 4.72 Å². The van der Waals surface area contributed by atoms with Gasteiger partial charge in [0.1, 0.15) is 0 Å². The van der Waals surface area contributed by atoms with Crippen LogP contribution in [-0.4, -0.2) is 47.8 Å². The predicted molar refractivity (Wildman–Crippen MR) is 106 cm³/mol. The minimum atomic E-state index is -3.75. The highest BCUT2D eigenvalue weighted by Crippen LogP contribution is 2.19. The van der Waals surface area contributed by atoms with Crippen molar-refractivity contribution < 1.29 is 22.7 Å². The third kappa shape index (κ3) is 4.70. The van der Waals surface area contributed by atoms with Gasteiger partial charge in [0.05, 0.1) is 30.8 Å². The highest BCUT2D eigenvalue weighted by molar-refractivity contribution is 7.89. The van der Waals surface area contributed by atoms with Crippen LogP contribution in [0.25, 0.3) is 0 Å². The number of sulfonamides is 1. The fourth-order valence-corrected chi connectivity index (χ4v) is 4.05. The fraction of sp³-hybridized carbons (Fsp3) is 0.350. The maximum Gasteiger partial charge on any atom is 0.338 e. The van der Waals surface area contributed by atoms with Crippen LogP contribution >= 0.6 is 0 Å². The molecule has 0 atom stereocenters. The smallest absolute Gasteiger partial charge is 0.338 e. The maximum absolute atomic E-state index is 12.6. The van der Waals surface area contributed by atoms with E-state index in [4.69, 9.17) is 9.47 Å². The average molecular weight is 404 g/mol. The largest absolute Gasteiger partial charge is 0.465 e. The summed E-state index contributed by atoms with van der Waals surface area (Å²) in [6.45, 7) is 5.01. The molecule has 0 radical (unpaired) electrons. The van der Waals surface area contributed by atoms with Gasteiger partial charge in [0.25, 0.3) is 0 Å². The number of hydrogen-bond acceptors (Lipinski definition) is 6. The molecule has 2 aromatic carbocycles. The second kappa shape index (κ2) is 8.72. The number of hydrogen-bond donors (Lipinski definition) is 1. The third-order valence-corrected chi connectivity index (χ3v) is 6.10. The Bertz CT molecular complexity index is 936. The van der Waals surface area contributed by atoms with Gasteiger partial charge in [0, 0.05) is 25.3 Å². The van der Waals surface area contributed by atoms with Crippen molar-refractivity contribution in [3.8, 4) is 0 Å². The number of morpholine rings is 1. The zero-order valence-corrected chi connectivity index (χ0v) is 16.8. The molecule has 1 N–H and O–H groups in total. The molecular weight excluding hydrogens is 380 g/mol. The first kappa shape index (κ1) is 20.3. The molecule has 1 aliphatic rings. The van der Waals surface area contributed by atoms with Gasteiger partial charge >= 0.3 is 5.97 Å². The Morgan fingerprint density at radius 1 is 1.14 bits per heavy atom. The summed E-state index contributed by atoms with van der Waals surface area (Å²) in [6, 6.07) is 12.2. The summed E-state index contributed by atoms with van der Waals surface area (Å²) in [5.41, 5.74) is 2.83. The Hall–Kier alpha value is -2.42. The highest BCUT2D eigenvalue weighted by atomic mass is 32.2. The molecule has 0 bridgehead atoms. The first-order valence-corrected chi connectivity index (χ1v) is 10.5. The molecule has 0 spiro atoms. The Balaban J connectivity index is 1.69. The zero-order valence-electron chi connectivity index (χ0n) is 16.0. The number of ether oxygens (including phenoxy) is 2. The van der Waals surface area contributed by atoms with E-state index in [1.54, 1.807) is 13.0 Å². The Morgan fingerprint density at radius 3 is 2.46 bits per heavy atom. The standard InChI is InChI=1S/C20H24N2O5S/c1-15-3-8-18(13-19(15)20(23)26-2)28(24,25)21-14-16-4-6-17(7-5-16)22-9-11-27-12-10-22/h3-8,13,21H,9-12,14H2,1-2H3. The van der Waals surface area contributed by atoms with Crippen LogP contribution in [0.1, 0.15) is 21.5 Å². The molecule has 1 saturated heterocycles. The number of nitrogens with zero attached hydrogens (tertiary/aromatic N) is 1. The molecular formula is C20H24N2O5S. The Kier molecular flexibility index (Phi) is 6.33. The number of anilines is 1. The number of nitrogens with one attached hydrogen (secondary N) is 1. The Morgan fingerprint density at radius 2 is 1.82 bits per heavy atom. The third-order valence-electron chi connectivity index (χ3n) is 4.70. The first-order chi connectivity index (χ1) is 13.4. The summed E-state index contributed by atoms with van der Waals surface area (Å²) in [5, 5.41) is 0. The maximum atomic E-state index is 12.6. The van der Waals surface area contributed by atoms with Gasteiger partial charge in [-0.3, -0.25) is 0 Å². The second-order valence-corrected chi connectivity index (χ2v) is 8.33. The molecule has 3 rings (SSSR count). The van der Waals surface area contributed by atoms with Gasteiger partial charge in [0.2, 0.25) is 10.0 Å². The number of carbonyl (C=O) groups excluding carboxylic acids is 1. The molecule has 1 heterocycles. The summed E-state index contributed by atoms with van der Waals surface area (Å²) in [5.74, 6) is -0.562. The topological polar surface area (TPSA) is 84.9 Å². The van der Waals surface area contributed by atoms with Crippen LogP contribution in [0.2, 0.25) is 0 Å². The van der Waals surface area contributed by atoms with E-state index < -0.39 is 16.0 Å². The summed E-state index contributed by atoms with van der Waals surface area (Å²) < 4.78 is 37.9. The SMILES string of the molecule is COC(=O)c1cc(S(=O)(=O)NCc2ccc(N3CCOCC3)cc2)ccc1C. The molecule has 7 nitrogen and oxygen atoms in total. The number of benzene rings is 2. The number of rotatable bonds is 6. The van der Waals surface area contributed by atoms with Crippen LogP contribution in [-0.2, 0) is 26.0 Å². The summed E-state index contributed by atoms with van der Waals surface area (Å²) in [7, 11) is -2.49. The van der Waals surface area contributed by atoms with E-state index in [0.717, 1.165) is 24.3 Å². The molecule has 0 saturated carbocycles. The lowest BCUT2D eigenvalue weighted by Gasteiger charge is -2.28. The van der Waals surface area contributed by atoms with Gasteiger partial charge in [-0.05, 0) is 42.3 Å². The Labute approximate surface area is 165 Å². The average Bonchev–Trinajstić information content (AvgIpc) is 2.73. The first-order valence-electron chi connectivity index (χ1n) is 9.01. The van der Waals surface area contributed by atoms with E-state index in [0.29, 0.717) is 18.8 Å². The molecule has 2 aromatic rings. The summed E-state index contributed by atoms with van der Waals surface area (Å²) >= 11 is 0. The van der Waals surface area contributed by atoms with Crippen molar-refractivity contribution in [1.29, 1.82) is 0 Å². The number of methoxy groups -OCH3 is 1. The summed E-state index contributed by atoms with van der Waals surface area (Å²) in [6.07, 6.45) is 0. The van der Waals surface area contributed by atoms with E-state index in [2.05, 4.69) is 9.62 Å². The molecule has 8 heteroatoms. The van der Waals surface area contributed by atoms with E-state index in [1.807, 2.05) is 24.3 Å². The van der Waals surface area contributed by atoms with Gasteiger partial charge in [-0.15, -0.1) is 0 Å². The monoisotopic (exact) mass is 404 g/mol. The number of carbonyl (C=O) groups is 1. The highest BCUT2D eigenvalue weighted by Gasteiger charge is 2.18. The number of esters is 1. The van der Waals surface area contributed by atoms with Crippen LogP contribution in [0.3, 0.4) is 0 Å². The van der Waals surface area contributed by atoms with Gasteiger partial charge in [-0.1, -0.05) is 18.2 Å². The van der Waals surface area contributed by atoms with E-state index >= 15 is 0 Å². The molecule has 1 aliphatic heterocycles. The molecule has 1 fully saturated rings. The molecule has 0 aliphatic carbocycles. The van der Waals surface area contributed by atoms with Gasteiger partial charge in [0.15, 0.2) is 0 Å². The zero-order chi connectivity index (χ0) is 20.1. The minimum Gasteiger partial charge on any atom is -0.465 e. The molecule has 0 unspecified atom stereocenters. The van der Waals surface area contributed by atoms with Crippen molar-refractivity contribution in [2.75, 3.05) is 38.3 Å². The molecule has 150 valence electrons. The van der Waals surface area contributed by atoms with Crippen molar-refractivity contribution in [2.24, 2.45) is 0 Å². The van der Waals surface area contributed by atoms with Crippen LogP contribution < -0.4 is 9.62 Å². The minimum absolute atomic E-state index is 0.0310. The van der Waals surface area contributed by atoms with Crippen molar-refractivity contribution in [3.63, 3.8) is 0 Å². The second-order valence-electron chi connectivity index (χ2n) is 6.56. The van der Waals surface area contributed by atoms with Crippen molar-refractivity contribution >= 4 is 21.7 Å². The van der Waals surface area contributed by atoms with E-state index in [9.17, 15) is 13.2 Å². The quantitative estimate of drug-likeness (QED) is 0.742. The lowest BCUT2D eigenvalue weighted by Crippen LogP contribution is -2.36. The summed E-state index contributed by atoms with van der Waals surface area (Å²) in [4.78, 5) is 14.1. The van der Waals surface area contributed by atoms with Crippen LogP contribution in [0.5, 0.6) is 0 Å². The fourth-order valence-electron chi connectivity index (χ4n) is 3.01.